The molecule has 2 rings (SSSR count). The Balaban J connectivity index is 2.81. The van der Waals surface area contributed by atoms with E-state index in [1.54, 1.807) is 4.68 Å². The molecule has 0 saturated carbocycles. The normalized spacial score (nSPS) is 11.3. The second-order valence-electron chi connectivity index (χ2n) is 5.31. The molecule has 1 aromatic heterocycles. The summed E-state index contributed by atoms with van der Waals surface area (Å²) < 4.78 is 3.52. The third-order valence-electron chi connectivity index (χ3n) is 3.70. The fraction of sp³-hybridized carbons (Fsp3) is 0.400. The molecule has 102 valence electrons. The van der Waals surface area contributed by atoms with Crippen LogP contribution in [0.15, 0.2) is 23.0 Å². The minimum absolute atomic E-state index is 0.139. The average molecular weight is 259 g/mol. The molecule has 1 heterocycles. The van der Waals surface area contributed by atoms with Crippen LogP contribution in [0.1, 0.15) is 36.6 Å². The minimum atomic E-state index is -0.139. The highest BCUT2D eigenvalue weighted by Crippen LogP contribution is 2.22. The molecule has 0 atom stereocenters. The van der Waals surface area contributed by atoms with Crippen LogP contribution in [-0.2, 0) is 7.05 Å². The first kappa shape index (κ1) is 13.5. The molecule has 0 bridgehead atoms. The van der Waals surface area contributed by atoms with Gasteiger partial charge < -0.3 is 5.73 Å². The van der Waals surface area contributed by atoms with E-state index in [4.69, 9.17) is 5.73 Å². The predicted octanol–water partition coefficient (Wildman–Crippen LogP) is 2.50. The van der Waals surface area contributed by atoms with Crippen molar-refractivity contribution in [1.29, 1.82) is 0 Å². The van der Waals surface area contributed by atoms with Crippen LogP contribution in [0.4, 0.5) is 5.69 Å². The van der Waals surface area contributed by atoms with Gasteiger partial charge in [0.05, 0.1) is 11.4 Å². The summed E-state index contributed by atoms with van der Waals surface area (Å²) in [5, 5.41) is 0. The Hall–Kier alpha value is -1.97. The molecular weight excluding hydrogens is 238 g/mol. The van der Waals surface area contributed by atoms with Crippen LogP contribution in [0, 0.1) is 13.8 Å². The number of nitrogen functional groups attached to an aromatic ring is 1. The van der Waals surface area contributed by atoms with E-state index in [0.717, 1.165) is 22.5 Å². The Kier molecular flexibility index (Phi) is 3.27. The maximum Gasteiger partial charge on any atom is 0.294 e. The second kappa shape index (κ2) is 4.61. The molecule has 19 heavy (non-hydrogen) atoms. The number of rotatable bonds is 2. The zero-order chi connectivity index (χ0) is 14.3. The van der Waals surface area contributed by atoms with Gasteiger partial charge in [-0.1, -0.05) is 26.0 Å². The number of nitrogens with two attached hydrogens (primary N) is 1. The molecule has 0 aliphatic heterocycles. The number of anilines is 1. The van der Waals surface area contributed by atoms with Crippen molar-refractivity contribution >= 4 is 5.69 Å². The van der Waals surface area contributed by atoms with Gasteiger partial charge in [0.1, 0.15) is 5.69 Å². The lowest BCUT2D eigenvalue weighted by Crippen LogP contribution is -2.21. The fourth-order valence-electron chi connectivity index (χ4n) is 2.56. The standard InChI is InChI=1S/C15H21N3O/c1-9(2)14-13(16)15(19)18(17(14)5)12-8-6-7-10(3)11(12)4/h6-9H,16H2,1-5H3. The molecule has 1 aromatic carbocycles. The van der Waals surface area contributed by atoms with Crippen LogP contribution in [-0.4, -0.2) is 9.36 Å². The number of aromatic nitrogens is 2. The minimum Gasteiger partial charge on any atom is -0.393 e. The van der Waals surface area contributed by atoms with Gasteiger partial charge in [0.15, 0.2) is 0 Å². The van der Waals surface area contributed by atoms with E-state index < -0.39 is 0 Å². The van der Waals surface area contributed by atoms with Gasteiger partial charge in [0, 0.05) is 7.05 Å². The van der Waals surface area contributed by atoms with E-state index in [1.165, 1.54) is 0 Å². The van der Waals surface area contributed by atoms with Gasteiger partial charge in [0.25, 0.3) is 5.56 Å². The summed E-state index contributed by atoms with van der Waals surface area (Å²) in [7, 11) is 1.88. The summed E-state index contributed by atoms with van der Waals surface area (Å²) in [5.74, 6) is 0.212. The SMILES string of the molecule is Cc1cccc(-n2c(=O)c(N)c(C(C)C)n2C)c1C. The van der Waals surface area contributed by atoms with Crippen molar-refractivity contribution in [3.05, 3.63) is 45.4 Å². The summed E-state index contributed by atoms with van der Waals surface area (Å²) in [6.45, 7) is 8.14. The van der Waals surface area contributed by atoms with E-state index in [2.05, 4.69) is 0 Å². The monoisotopic (exact) mass is 259 g/mol. The van der Waals surface area contributed by atoms with Gasteiger partial charge in [0.2, 0.25) is 0 Å². The van der Waals surface area contributed by atoms with Gasteiger partial charge in [-0.3, -0.25) is 9.48 Å². The third kappa shape index (κ3) is 1.97. The molecule has 0 spiro atoms. The van der Waals surface area contributed by atoms with Crippen molar-refractivity contribution in [2.75, 3.05) is 5.73 Å². The number of hydrogen-bond donors (Lipinski definition) is 1. The van der Waals surface area contributed by atoms with Crippen molar-refractivity contribution in [3.63, 3.8) is 0 Å². The van der Waals surface area contributed by atoms with Crippen LogP contribution in [0.2, 0.25) is 0 Å². The van der Waals surface area contributed by atoms with E-state index in [1.807, 2.05) is 57.6 Å². The molecule has 0 unspecified atom stereocenters. The maximum atomic E-state index is 12.4. The summed E-state index contributed by atoms with van der Waals surface area (Å²) >= 11 is 0. The van der Waals surface area contributed by atoms with Crippen LogP contribution in [0.25, 0.3) is 5.69 Å². The summed E-state index contributed by atoms with van der Waals surface area (Å²) in [6, 6.07) is 5.95. The second-order valence-corrected chi connectivity index (χ2v) is 5.31. The lowest BCUT2D eigenvalue weighted by atomic mass is 10.1. The zero-order valence-electron chi connectivity index (χ0n) is 12.2. The van der Waals surface area contributed by atoms with E-state index in [0.29, 0.717) is 5.69 Å². The lowest BCUT2D eigenvalue weighted by molar-refractivity contribution is 0.593. The molecule has 0 aliphatic rings. The van der Waals surface area contributed by atoms with Crippen LogP contribution in [0.3, 0.4) is 0 Å². The topological polar surface area (TPSA) is 52.9 Å². The van der Waals surface area contributed by atoms with Crippen LogP contribution < -0.4 is 11.3 Å². The molecule has 4 heteroatoms. The van der Waals surface area contributed by atoms with E-state index in [-0.39, 0.29) is 11.5 Å². The molecule has 0 amide bonds. The number of benzene rings is 1. The van der Waals surface area contributed by atoms with Crippen LogP contribution >= 0.6 is 0 Å². The Morgan fingerprint density at radius 1 is 1.21 bits per heavy atom. The highest BCUT2D eigenvalue weighted by atomic mass is 16.1. The van der Waals surface area contributed by atoms with Gasteiger partial charge in [-0.05, 0) is 37.0 Å². The van der Waals surface area contributed by atoms with Gasteiger partial charge in [-0.25, -0.2) is 4.68 Å². The lowest BCUT2D eigenvalue weighted by Gasteiger charge is -2.14. The number of hydrogen-bond acceptors (Lipinski definition) is 2. The van der Waals surface area contributed by atoms with Crippen molar-refractivity contribution < 1.29 is 0 Å². The van der Waals surface area contributed by atoms with Gasteiger partial charge >= 0.3 is 0 Å². The summed E-state index contributed by atoms with van der Waals surface area (Å²) in [4.78, 5) is 12.4. The van der Waals surface area contributed by atoms with Crippen LogP contribution in [0.5, 0.6) is 0 Å². The molecular formula is C15H21N3O. The zero-order valence-corrected chi connectivity index (χ0v) is 12.2. The molecule has 0 fully saturated rings. The Morgan fingerprint density at radius 3 is 2.37 bits per heavy atom. The number of aryl methyl sites for hydroxylation is 1. The smallest absolute Gasteiger partial charge is 0.294 e. The highest BCUT2D eigenvalue weighted by molar-refractivity contribution is 5.50. The first-order chi connectivity index (χ1) is 8.86. The predicted molar refractivity (Wildman–Crippen MR) is 79.0 cm³/mol. The first-order valence-corrected chi connectivity index (χ1v) is 6.50. The quantitative estimate of drug-likeness (QED) is 0.901. The maximum absolute atomic E-state index is 12.4. The first-order valence-electron chi connectivity index (χ1n) is 6.50. The Bertz CT molecular complexity index is 677. The van der Waals surface area contributed by atoms with Crippen molar-refractivity contribution in [2.45, 2.75) is 33.6 Å². The molecule has 2 aromatic rings. The summed E-state index contributed by atoms with van der Waals surface area (Å²) in [5.41, 5.74) is 10.2. The largest absolute Gasteiger partial charge is 0.393 e. The van der Waals surface area contributed by atoms with Gasteiger partial charge in [-0.15, -0.1) is 0 Å². The molecule has 0 aliphatic carbocycles. The fourth-order valence-corrected chi connectivity index (χ4v) is 2.56. The Labute approximate surface area is 113 Å². The number of nitrogens with zero attached hydrogens (tertiary/aromatic N) is 2. The molecule has 0 radical (unpaired) electrons. The van der Waals surface area contributed by atoms with Crippen molar-refractivity contribution in [2.24, 2.45) is 7.05 Å². The third-order valence-corrected chi connectivity index (χ3v) is 3.70. The van der Waals surface area contributed by atoms with Crippen molar-refractivity contribution in [3.8, 4) is 5.69 Å². The highest BCUT2D eigenvalue weighted by Gasteiger charge is 2.19. The molecule has 0 saturated heterocycles. The van der Waals surface area contributed by atoms with Gasteiger partial charge in [-0.2, -0.15) is 0 Å². The average Bonchev–Trinajstić information content (AvgIpc) is 2.55. The summed E-state index contributed by atoms with van der Waals surface area (Å²) in [6.07, 6.45) is 0. The van der Waals surface area contributed by atoms with E-state index >= 15 is 0 Å². The molecule has 4 nitrogen and oxygen atoms in total. The Morgan fingerprint density at radius 2 is 1.84 bits per heavy atom. The molecule has 2 N–H and O–H groups in total. The van der Waals surface area contributed by atoms with Crippen molar-refractivity contribution in [1.82, 2.24) is 9.36 Å². The van der Waals surface area contributed by atoms with E-state index in [9.17, 15) is 4.79 Å².